The Morgan fingerprint density at radius 2 is 1.78 bits per heavy atom. The van der Waals surface area contributed by atoms with Crippen LogP contribution in [0.1, 0.15) is 23.6 Å². The smallest absolute Gasteiger partial charge is 0.324 e. The number of hydrogen-bond acceptors (Lipinski definition) is 1. The molecule has 0 aromatic heterocycles. The summed E-state index contributed by atoms with van der Waals surface area (Å²) in [6.45, 7) is 0. The summed E-state index contributed by atoms with van der Waals surface area (Å²) < 4.78 is 75.6. The molecule has 0 amide bonds. The van der Waals surface area contributed by atoms with E-state index in [1.165, 1.54) is 0 Å². The molecule has 1 aromatic rings. The molecule has 0 fully saturated rings. The first-order valence-corrected chi connectivity index (χ1v) is 5.11. The van der Waals surface area contributed by atoms with E-state index in [0.717, 1.165) is 0 Å². The van der Waals surface area contributed by atoms with Crippen molar-refractivity contribution in [2.45, 2.75) is 25.1 Å². The van der Waals surface area contributed by atoms with Gasteiger partial charge in [-0.25, -0.2) is 13.2 Å². The quantitative estimate of drug-likeness (QED) is 0.832. The van der Waals surface area contributed by atoms with Crippen LogP contribution in [0.4, 0.5) is 26.3 Å². The molecule has 1 aromatic carbocycles. The lowest BCUT2D eigenvalue weighted by Crippen LogP contribution is -2.21. The fourth-order valence-corrected chi connectivity index (χ4v) is 1.65. The lowest BCUT2D eigenvalue weighted by molar-refractivity contribution is -0.138. The molecule has 8 heteroatoms. The van der Waals surface area contributed by atoms with E-state index in [4.69, 9.17) is 17.3 Å². The van der Waals surface area contributed by atoms with E-state index in [2.05, 4.69) is 0 Å². The Hall–Kier alpha value is -0.950. The van der Waals surface area contributed by atoms with Gasteiger partial charge >= 0.3 is 6.18 Å². The van der Waals surface area contributed by atoms with Gasteiger partial charge in [0.05, 0.1) is 10.6 Å². The first-order chi connectivity index (χ1) is 8.14. The van der Waals surface area contributed by atoms with Gasteiger partial charge in [0.2, 0.25) is 6.43 Å². The maximum Gasteiger partial charge on any atom is 0.416 e. The fourth-order valence-electron chi connectivity index (χ4n) is 1.49. The summed E-state index contributed by atoms with van der Waals surface area (Å²) in [6.07, 6.45) is -8.92. The average molecular weight is 292 g/mol. The molecule has 0 spiro atoms. The van der Waals surface area contributed by atoms with Crippen molar-refractivity contribution in [1.82, 2.24) is 0 Å². The highest BCUT2D eigenvalue weighted by Gasteiger charge is 2.37. The molecule has 0 bridgehead atoms. The van der Waals surface area contributed by atoms with Crippen molar-refractivity contribution in [3.63, 3.8) is 0 Å². The predicted octanol–water partition coefficient (Wildman–Crippen LogP) is 4.15. The zero-order valence-corrected chi connectivity index (χ0v) is 9.50. The van der Waals surface area contributed by atoms with Crippen molar-refractivity contribution in [3.8, 4) is 0 Å². The summed E-state index contributed by atoms with van der Waals surface area (Å²) in [5.74, 6) is -1.42. The highest BCUT2D eigenvalue weighted by atomic mass is 35.5. The third kappa shape index (κ3) is 3.29. The normalized spacial score (nSPS) is 14.1. The van der Waals surface area contributed by atoms with Crippen LogP contribution in [0.25, 0.3) is 0 Å². The minimum atomic E-state index is -4.89. The SMILES string of the molecule is N[C@H](CC(F)F)c1c(C(F)(F)F)ccc(Cl)c1F. The first-order valence-electron chi connectivity index (χ1n) is 4.73. The van der Waals surface area contributed by atoms with E-state index in [1.807, 2.05) is 0 Å². The average Bonchev–Trinajstić information content (AvgIpc) is 2.18. The summed E-state index contributed by atoms with van der Waals surface area (Å²) >= 11 is 5.33. The third-order valence-corrected chi connectivity index (χ3v) is 2.53. The van der Waals surface area contributed by atoms with Crippen molar-refractivity contribution >= 4 is 11.6 Å². The van der Waals surface area contributed by atoms with Crippen LogP contribution >= 0.6 is 11.6 Å². The van der Waals surface area contributed by atoms with Crippen LogP contribution in [0, 0.1) is 5.82 Å². The van der Waals surface area contributed by atoms with Gasteiger partial charge in [-0.1, -0.05) is 11.6 Å². The van der Waals surface area contributed by atoms with Crippen LogP contribution in [-0.2, 0) is 6.18 Å². The Balaban J connectivity index is 3.34. The van der Waals surface area contributed by atoms with Gasteiger partial charge in [-0.2, -0.15) is 13.2 Å². The van der Waals surface area contributed by atoms with Crippen molar-refractivity contribution in [2.75, 3.05) is 0 Å². The third-order valence-electron chi connectivity index (χ3n) is 2.24. The molecule has 0 saturated heterocycles. The van der Waals surface area contributed by atoms with Crippen LogP contribution in [-0.4, -0.2) is 6.43 Å². The molecule has 0 unspecified atom stereocenters. The number of hydrogen-bond donors (Lipinski definition) is 1. The lowest BCUT2D eigenvalue weighted by atomic mass is 9.97. The standard InChI is InChI=1S/C10H8ClF6N/c11-5-2-1-4(10(15,16)17)8(9(5)14)6(18)3-7(12)13/h1-2,6-7H,3,18H2/t6-/m1/s1. The summed E-state index contributed by atoms with van der Waals surface area (Å²) in [5.41, 5.74) is 2.76. The molecule has 1 atom stereocenters. The Morgan fingerprint density at radius 1 is 1.22 bits per heavy atom. The Bertz CT molecular complexity index is 431. The first kappa shape index (κ1) is 15.1. The number of halogens is 7. The molecule has 1 rings (SSSR count). The number of nitrogens with two attached hydrogens (primary N) is 1. The monoisotopic (exact) mass is 291 g/mol. The molecule has 0 aliphatic rings. The predicted molar refractivity (Wildman–Crippen MR) is 54.0 cm³/mol. The minimum Gasteiger partial charge on any atom is -0.324 e. The van der Waals surface area contributed by atoms with Crippen molar-refractivity contribution < 1.29 is 26.3 Å². The molecule has 0 radical (unpaired) electrons. The maximum atomic E-state index is 13.5. The van der Waals surface area contributed by atoms with Gasteiger partial charge in [-0.3, -0.25) is 0 Å². The number of alkyl halides is 5. The second-order valence-corrected chi connectivity index (χ2v) is 3.96. The Kier molecular flexibility index (Phi) is 4.50. The summed E-state index contributed by atoms with van der Waals surface area (Å²) in [7, 11) is 0. The molecule has 102 valence electrons. The van der Waals surface area contributed by atoms with Crippen molar-refractivity contribution in [2.24, 2.45) is 5.73 Å². The largest absolute Gasteiger partial charge is 0.416 e. The van der Waals surface area contributed by atoms with Gasteiger partial charge in [0.1, 0.15) is 5.82 Å². The minimum absolute atomic E-state index is 0.520. The molecular formula is C10H8ClF6N. The van der Waals surface area contributed by atoms with Crippen molar-refractivity contribution in [3.05, 3.63) is 34.1 Å². The topological polar surface area (TPSA) is 26.0 Å². The maximum absolute atomic E-state index is 13.5. The second kappa shape index (κ2) is 5.36. The molecule has 18 heavy (non-hydrogen) atoms. The zero-order chi connectivity index (χ0) is 14.1. The Morgan fingerprint density at radius 3 is 2.22 bits per heavy atom. The van der Waals surface area contributed by atoms with E-state index in [9.17, 15) is 26.3 Å². The molecular weight excluding hydrogens is 284 g/mol. The van der Waals surface area contributed by atoms with Crippen LogP contribution in [0.5, 0.6) is 0 Å². The summed E-state index contributed by atoms with van der Waals surface area (Å²) in [4.78, 5) is 0. The van der Waals surface area contributed by atoms with Gasteiger partial charge in [0.25, 0.3) is 0 Å². The van der Waals surface area contributed by atoms with Gasteiger partial charge in [-0.05, 0) is 12.1 Å². The van der Waals surface area contributed by atoms with E-state index in [1.54, 1.807) is 0 Å². The second-order valence-electron chi connectivity index (χ2n) is 3.55. The van der Waals surface area contributed by atoms with Crippen molar-refractivity contribution in [1.29, 1.82) is 0 Å². The molecule has 1 nitrogen and oxygen atoms in total. The molecule has 0 saturated carbocycles. The van der Waals surface area contributed by atoms with Crippen LogP contribution in [0.2, 0.25) is 5.02 Å². The van der Waals surface area contributed by atoms with Crippen LogP contribution < -0.4 is 5.73 Å². The Labute approximate surface area is 104 Å². The molecule has 2 N–H and O–H groups in total. The van der Waals surface area contributed by atoms with Gasteiger partial charge in [0, 0.05) is 18.0 Å². The lowest BCUT2D eigenvalue weighted by Gasteiger charge is -2.19. The van der Waals surface area contributed by atoms with Gasteiger partial charge < -0.3 is 5.73 Å². The van der Waals surface area contributed by atoms with E-state index < -0.39 is 47.0 Å². The van der Waals surface area contributed by atoms with Gasteiger partial charge in [-0.15, -0.1) is 0 Å². The van der Waals surface area contributed by atoms with E-state index in [-0.39, 0.29) is 0 Å². The number of benzene rings is 1. The number of rotatable bonds is 3. The molecule has 0 heterocycles. The van der Waals surface area contributed by atoms with Gasteiger partial charge in [0.15, 0.2) is 0 Å². The van der Waals surface area contributed by atoms with E-state index in [0.29, 0.717) is 12.1 Å². The van der Waals surface area contributed by atoms with E-state index >= 15 is 0 Å². The highest BCUT2D eigenvalue weighted by molar-refractivity contribution is 6.30. The molecule has 0 aliphatic heterocycles. The van der Waals surface area contributed by atoms with Crippen LogP contribution in [0.15, 0.2) is 12.1 Å². The fraction of sp³-hybridized carbons (Fsp3) is 0.400. The highest BCUT2D eigenvalue weighted by Crippen LogP contribution is 2.38. The van der Waals surface area contributed by atoms with Crippen LogP contribution in [0.3, 0.4) is 0 Å². The summed E-state index contributed by atoms with van der Waals surface area (Å²) in [6, 6.07) is -0.551. The zero-order valence-electron chi connectivity index (χ0n) is 8.74. The summed E-state index contributed by atoms with van der Waals surface area (Å²) in [5, 5.41) is -0.595. The molecule has 0 aliphatic carbocycles.